The molecular weight excluding hydrogens is 212 g/mol. The maximum atomic E-state index is 12.2. The average molecular weight is 238 g/mol. The molecule has 1 aliphatic carbocycles. The van der Waals surface area contributed by atoms with Gasteiger partial charge in [-0.3, -0.25) is 4.79 Å². The lowest BCUT2D eigenvalue weighted by atomic mass is 9.75. The predicted octanol–water partition coefficient (Wildman–Crippen LogP) is 2.07. The maximum Gasteiger partial charge on any atom is 0.224 e. The molecule has 1 aliphatic heterocycles. The van der Waals surface area contributed by atoms with Gasteiger partial charge >= 0.3 is 0 Å². The van der Waals surface area contributed by atoms with E-state index in [0.717, 1.165) is 25.8 Å². The van der Waals surface area contributed by atoms with Crippen molar-refractivity contribution in [3.05, 3.63) is 0 Å². The number of nitrogens with one attached hydrogen (secondary N) is 2. The van der Waals surface area contributed by atoms with Gasteiger partial charge in [-0.25, -0.2) is 0 Å². The Morgan fingerprint density at radius 3 is 2.71 bits per heavy atom. The summed E-state index contributed by atoms with van der Waals surface area (Å²) in [4.78, 5) is 12.2. The van der Waals surface area contributed by atoms with Gasteiger partial charge in [-0.1, -0.05) is 20.3 Å². The third-order valence-electron chi connectivity index (χ3n) is 4.41. The van der Waals surface area contributed by atoms with Crippen LogP contribution in [0, 0.1) is 11.3 Å². The largest absolute Gasteiger partial charge is 0.353 e. The van der Waals surface area contributed by atoms with E-state index in [1.807, 2.05) is 0 Å². The van der Waals surface area contributed by atoms with Crippen molar-refractivity contribution >= 4 is 5.91 Å². The van der Waals surface area contributed by atoms with Crippen LogP contribution >= 0.6 is 0 Å². The molecule has 1 amide bonds. The first kappa shape index (κ1) is 12.9. The molecule has 0 aromatic rings. The van der Waals surface area contributed by atoms with Crippen LogP contribution in [0.15, 0.2) is 0 Å². The molecule has 3 unspecified atom stereocenters. The monoisotopic (exact) mass is 238 g/mol. The average Bonchev–Trinajstić information content (AvgIpc) is 2.62. The number of amides is 1. The van der Waals surface area contributed by atoms with Crippen LogP contribution < -0.4 is 10.6 Å². The summed E-state index contributed by atoms with van der Waals surface area (Å²) < 4.78 is 0. The molecule has 0 spiro atoms. The molecule has 17 heavy (non-hydrogen) atoms. The first-order chi connectivity index (χ1) is 7.98. The van der Waals surface area contributed by atoms with Crippen LogP contribution in [0.1, 0.15) is 52.9 Å². The van der Waals surface area contributed by atoms with Crippen LogP contribution in [-0.2, 0) is 4.79 Å². The maximum absolute atomic E-state index is 12.2. The highest BCUT2D eigenvalue weighted by molar-refractivity contribution is 5.80. The van der Waals surface area contributed by atoms with Gasteiger partial charge in [0.1, 0.15) is 0 Å². The fourth-order valence-electron chi connectivity index (χ4n) is 3.35. The molecule has 0 bridgehead atoms. The van der Waals surface area contributed by atoms with E-state index in [9.17, 15) is 4.79 Å². The number of hydrogen-bond acceptors (Lipinski definition) is 2. The molecule has 1 saturated heterocycles. The van der Waals surface area contributed by atoms with E-state index in [2.05, 4.69) is 31.4 Å². The van der Waals surface area contributed by atoms with Crippen molar-refractivity contribution in [2.75, 3.05) is 6.54 Å². The van der Waals surface area contributed by atoms with E-state index >= 15 is 0 Å². The Labute approximate surface area is 105 Å². The summed E-state index contributed by atoms with van der Waals surface area (Å²) in [6, 6.07) is 0.741. The van der Waals surface area contributed by atoms with E-state index in [4.69, 9.17) is 0 Å². The second kappa shape index (κ2) is 4.97. The molecule has 1 saturated carbocycles. The Balaban J connectivity index is 1.86. The summed E-state index contributed by atoms with van der Waals surface area (Å²) in [5, 5.41) is 6.61. The van der Waals surface area contributed by atoms with Crippen molar-refractivity contribution in [2.24, 2.45) is 11.3 Å². The summed E-state index contributed by atoms with van der Waals surface area (Å²) >= 11 is 0. The number of rotatable bonds is 2. The lowest BCUT2D eigenvalue weighted by Crippen LogP contribution is -2.45. The van der Waals surface area contributed by atoms with Crippen LogP contribution in [0.4, 0.5) is 0 Å². The van der Waals surface area contributed by atoms with Crippen LogP contribution in [0.3, 0.4) is 0 Å². The molecule has 2 N–H and O–H groups in total. The normalized spacial score (nSPS) is 36.8. The van der Waals surface area contributed by atoms with Crippen molar-refractivity contribution in [1.29, 1.82) is 0 Å². The van der Waals surface area contributed by atoms with Crippen molar-refractivity contribution in [3.8, 4) is 0 Å². The van der Waals surface area contributed by atoms with Crippen molar-refractivity contribution in [1.82, 2.24) is 10.6 Å². The van der Waals surface area contributed by atoms with E-state index < -0.39 is 0 Å². The SMILES string of the molecule is CC1NCCC1C(=O)NC1CCCC(C)(C)C1. The summed E-state index contributed by atoms with van der Waals surface area (Å²) in [5.74, 6) is 0.449. The van der Waals surface area contributed by atoms with Crippen LogP contribution in [0.2, 0.25) is 0 Å². The van der Waals surface area contributed by atoms with Crippen LogP contribution in [0.5, 0.6) is 0 Å². The molecule has 0 radical (unpaired) electrons. The standard InChI is InChI=1S/C14H26N2O/c1-10-12(6-8-15-10)13(17)16-11-5-4-7-14(2,3)9-11/h10-12,15H,4-9H2,1-3H3,(H,16,17). The first-order valence-electron chi connectivity index (χ1n) is 7.02. The molecule has 3 heteroatoms. The van der Waals surface area contributed by atoms with Crippen LogP contribution in [0.25, 0.3) is 0 Å². The lowest BCUT2D eigenvalue weighted by molar-refractivity contribution is -0.126. The fourth-order valence-corrected chi connectivity index (χ4v) is 3.35. The van der Waals surface area contributed by atoms with E-state index in [0.29, 0.717) is 17.5 Å². The zero-order valence-electron chi connectivity index (χ0n) is 11.4. The van der Waals surface area contributed by atoms with Gasteiger partial charge in [-0.15, -0.1) is 0 Å². The molecule has 3 nitrogen and oxygen atoms in total. The first-order valence-corrected chi connectivity index (χ1v) is 7.02. The predicted molar refractivity (Wildman–Crippen MR) is 69.8 cm³/mol. The van der Waals surface area contributed by atoms with Crippen LogP contribution in [-0.4, -0.2) is 24.5 Å². The number of carbonyl (C=O) groups is 1. The second-order valence-corrected chi connectivity index (χ2v) is 6.60. The molecular formula is C14H26N2O. The van der Waals surface area contributed by atoms with Gasteiger partial charge in [0, 0.05) is 12.1 Å². The Morgan fingerprint density at radius 1 is 1.35 bits per heavy atom. The molecule has 2 rings (SSSR count). The van der Waals surface area contributed by atoms with Crippen molar-refractivity contribution in [3.63, 3.8) is 0 Å². The van der Waals surface area contributed by atoms with Crippen molar-refractivity contribution < 1.29 is 4.79 Å². The Bertz CT molecular complexity index is 288. The van der Waals surface area contributed by atoms with Gasteiger partial charge in [-0.05, 0) is 44.6 Å². The third-order valence-corrected chi connectivity index (χ3v) is 4.41. The molecule has 0 aromatic heterocycles. The molecule has 2 aliphatic rings. The molecule has 1 heterocycles. The Morgan fingerprint density at radius 2 is 2.12 bits per heavy atom. The highest BCUT2D eigenvalue weighted by Crippen LogP contribution is 2.35. The van der Waals surface area contributed by atoms with Gasteiger partial charge < -0.3 is 10.6 Å². The molecule has 0 aromatic carbocycles. The minimum Gasteiger partial charge on any atom is -0.353 e. The second-order valence-electron chi connectivity index (χ2n) is 6.60. The Kier molecular flexibility index (Phi) is 3.76. The van der Waals surface area contributed by atoms with Gasteiger partial charge in [-0.2, -0.15) is 0 Å². The van der Waals surface area contributed by atoms with E-state index in [1.165, 1.54) is 12.8 Å². The zero-order valence-corrected chi connectivity index (χ0v) is 11.4. The summed E-state index contributed by atoms with van der Waals surface area (Å²) in [6.07, 6.45) is 5.82. The minimum atomic E-state index is 0.181. The van der Waals surface area contributed by atoms with E-state index in [1.54, 1.807) is 0 Å². The highest BCUT2D eigenvalue weighted by Gasteiger charge is 2.33. The number of hydrogen-bond donors (Lipinski definition) is 2. The fraction of sp³-hybridized carbons (Fsp3) is 0.929. The summed E-state index contributed by atoms with van der Waals surface area (Å²) in [5.41, 5.74) is 0.399. The zero-order chi connectivity index (χ0) is 12.5. The highest BCUT2D eigenvalue weighted by atomic mass is 16.2. The quantitative estimate of drug-likeness (QED) is 0.773. The van der Waals surface area contributed by atoms with E-state index in [-0.39, 0.29) is 11.8 Å². The molecule has 98 valence electrons. The molecule has 2 fully saturated rings. The summed E-state index contributed by atoms with van der Waals surface area (Å²) in [7, 11) is 0. The van der Waals surface area contributed by atoms with Gasteiger partial charge in [0.25, 0.3) is 0 Å². The summed E-state index contributed by atoms with van der Waals surface area (Å²) in [6.45, 7) is 7.72. The minimum absolute atomic E-state index is 0.181. The smallest absolute Gasteiger partial charge is 0.224 e. The van der Waals surface area contributed by atoms with Crippen molar-refractivity contribution in [2.45, 2.75) is 65.0 Å². The topological polar surface area (TPSA) is 41.1 Å². The Hall–Kier alpha value is -0.570. The van der Waals surface area contributed by atoms with Gasteiger partial charge in [0.15, 0.2) is 0 Å². The lowest BCUT2D eigenvalue weighted by Gasteiger charge is -2.36. The molecule has 3 atom stereocenters. The number of carbonyl (C=O) groups excluding carboxylic acids is 1. The van der Waals surface area contributed by atoms with Gasteiger partial charge in [0.05, 0.1) is 5.92 Å². The van der Waals surface area contributed by atoms with Gasteiger partial charge in [0.2, 0.25) is 5.91 Å². The third kappa shape index (κ3) is 3.21.